The molecule has 2 unspecified atom stereocenters. The zero-order chi connectivity index (χ0) is 16.6. The zero-order valence-electron chi connectivity index (χ0n) is 14.8. The van der Waals surface area contributed by atoms with E-state index in [-0.39, 0.29) is 55.9 Å². The Balaban J connectivity index is 0.00000156. The van der Waals surface area contributed by atoms with Crippen molar-refractivity contribution in [3.63, 3.8) is 0 Å². The van der Waals surface area contributed by atoms with Crippen molar-refractivity contribution in [1.82, 2.24) is 4.90 Å². The number of hydrogen-bond acceptors (Lipinski definition) is 4. The van der Waals surface area contributed by atoms with E-state index in [1.165, 1.54) is 6.07 Å². The van der Waals surface area contributed by atoms with E-state index in [9.17, 15) is 14.0 Å². The van der Waals surface area contributed by atoms with Crippen molar-refractivity contribution in [3.05, 3.63) is 29.1 Å². The van der Waals surface area contributed by atoms with Crippen molar-refractivity contribution in [1.29, 1.82) is 0 Å². The van der Waals surface area contributed by atoms with Crippen LogP contribution < -0.4 is 23.6 Å². The first-order valence-electron chi connectivity index (χ1n) is 7.63. The molecule has 1 aromatic carbocycles. The first kappa shape index (κ1) is 18.8. The number of carbonyl (C=O) groups excluding carboxylic acids is 1. The van der Waals surface area contributed by atoms with Gasteiger partial charge in [0.1, 0.15) is 17.1 Å². The molecule has 2 bridgehead atoms. The van der Waals surface area contributed by atoms with E-state index >= 15 is 0 Å². The summed E-state index contributed by atoms with van der Waals surface area (Å²) in [6.45, 7) is 2.83. The van der Waals surface area contributed by atoms with E-state index < -0.39 is 17.7 Å². The Kier molecular flexibility index (Phi) is 5.91. The fourth-order valence-corrected chi connectivity index (χ4v) is 3.26. The van der Waals surface area contributed by atoms with Gasteiger partial charge in [-0.15, -0.1) is 0 Å². The fraction of sp³-hybridized carbons (Fsp3) is 0.500. The maximum absolute atomic E-state index is 14.3. The molecule has 0 aliphatic carbocycles. The third-order valence-corrected chi connectivity index (χ3v) is 4.30. The minimum atomic E-state index is -1.29. The Morgan fingerprint density at radius 2 is 1.96 bits per heavy atom. The van der Waals surface area contributed by atoms with E-state index in [2.05, 4.69) is 0 Å². The predicted octanol–water partition coefficient (Wildman–Crippen LogP) is -0.957. The molecule has 0 aromatic heterocycles. The van der Waals surface area contributed by atoms with E-state index in [4.69, 9.17) is 14.6 Å². The number of morpholine rings is 1. The van der Waals surface area contributed by atoms with E-state index in [1.807, 2.05) is 0 Å². The molecule has 0 radical (unpaired) electrons. The molecule has 0 saturated carbocycles. The van der Waals surface area contributed by atoms with Crippen molar-refractivity contribution in [3.8, 4) is 5.75 Å². The third kappa shape index (κ3) is 3.29. The topological polar surface area (TPSA) is 76.1 Å². The number of fused-ring (bicyclic) bond motifs is 2. The van der Waals surface area contributed by atoms with Crippen LogP contribution in [0.25, 0.3) is 0 Å². The Labute approximate surface area is 152 Å². The van der Waals surface area contributed by atoms with Crippen LogP contribution in [0, 0.1) is 5.82 Å². The fourth-order valence-electron chi connectivity index (χ4n) is 3.26. The normalized spacial score (nSPS) is 22.0. The maximum atomic E-state index is 14.3. The second kappa shape index (κ2) is 7.56. The number of benzene rings is 1. The molecule has 8 heteroatoms. The summed E-state index contributed by atoms with van der Waals surface area (Å²) in [6.07, 6.45) is 1.67. The van der Waals surface area contributed by atoms with Crippen molar-refractivity contribution in [2.24, 2.45) is 0 Å². The second-order valence-corrected chi connectivity index (χ2v) is 5.70. The molecule has 3 rings (SSSR count). The number of carboxylic acid groups (broad SMARTS) is 1. The summed E-state index contributed by atoms with van der Waals surface area (Å²) in [5, 5.41) is 9.13. The summed E-state index contributed by atoms with van der Waals surface area (Å²) in [5.41, 5.74) is -0.442. The SMILES string of the molecule is CCOc1cc(C(=O)N2C3CCC2COC3)c(F)cc1C(=O)O.[H-].[Li+]. The molecule has 1 N–H and O–H groups in total. The average molecular weight is 331 g/mol. The molecule has 2 heterocycles. The van der Waals surface area contributed by atoms with Crippen LogP contribution in [-0.2, 0) is 4.74 Å². The van der Waals surface area contributed by atoms with Gasteiger partial charge in [-0.2, -0.15) is 0 Å². The van der Waals surface area contributed by atoms with Crippen molar-refractivity contribution >= 4 is 11.9 Å². The predicted molar refractivity (Wildman–Crippen MR) is 79.4 cm³/mol. The molecule has 2 atom stereocenters. The summed E-state index contributed by atoms with van der Waals surface area (Å²) < 4.78 is 25.0. The Bertz CT molecular complexity index is 644. The van der Waals surface area contributed by atoms with Crippen LogP contribution in [0.3, 0.4) is 0 Å². The van der Waals surface area contributed by atoms with Gasteiger partial charge in [-0.25, -0.2) is 9.18 Å². The first-order valence-corrected chi connectivity index (χ1v) is 7.63. The van der Waals surface area contributed by atoms with Crippen LogP contribution in [0.1, 0.15) is 41.9 Å². The van der Waals surface area contributed by atoms with Gasteiger partial charge in [0.15, 0.2) is 0 Å². The van der Waals surface area contributed by atoms with Crippen LogP contribution in [0.4, 0.5) is 4.39 Å². The van der Waals surface area contributed by atoms with Gasteiger partial charge in [0.05, 0.1) is 37.5 Å². The number of hydrogen-bond donors (Lipinski definition) is 1. The molecular weight excluding hydrogens is 312 g/mol. The number of carboxylic acids is 1. The Morgan fingerprint density at radius 1 is 1.33 bits per heavy atom. The molecule has 2 saturated heterocycles. The third-order valence-electron chi connectivity index (χ3n) is 4.30. The van der Waals surface area contributed by atoms with Gasteiger partial charge in [0, 0.05) is 0 Å². The quantitative estimate of drug-likeness (QED) is 0.720. The van der Waals surface area contributed by atoms with Crippen molar-refractivity contribution < 1.29 is 48.8 Å². The number of halogens is 1. The van der Waals surface area contributed by atoms with Crippen molar-refractivity contribution in [2.45, 2.75) is 31.8 Å². The van der Waals surface area contributed by atoms with Crippen LogP contribution in [0.2, 0.25) is 0 Å². The van der Waals surface area contributed by atoms with Gasteiger partial charge < -0.3 is 20.9 Å². The minimum absolute atomic E-state index is 0. The molecule has 0 spiro atoms. The van der Waals surface area contributed by atoms with Crippen LogP contribution >= 0.6 is 0 Å². The molecule has 6 nitrogen and oxygen atoms in total. The van der Waals surface area contributed by atoms with Crippen molar-refractivity contribution in [2.75, 3.05) is 19.8 Å². The Morgan fingerprint density at radius 3 is 2.50 bits per heavy atom. The largest absolute Gasteiger partial charge is 1.00 e. The summed E-state index contributed by atoms with van der Waals surface area (Å²) in [6, 6.07) is 1.95. The van der Waals surface area contributed by atoms with Gasteiger partial charge in [0.25, 0.3) is 5.91 Å². The van der Waals surface area contributed by atoms with Crippen LogP contribution in [0.5, 0.6) is 5.75 Å². The van der Waals surface area contributed by atoms with Gasteiger partial charge in [-0.1, -0.05) is 0 Å². The molecular formula is C16H19FLiNO5. The number of rotatable bonds is 4. The molecule has 2 fully saturated rings. The minimum Gasteiger partial charge on any atom is -1.00 e. The maximum Gasteiger partial charge on any atom is 1.00 e. The number of carbonyl (C=O) groups is 2. The molecule has 1 amide bonds. The monoisotopic (exact) mass is 331 g/mol. The molecule has 1 aromatic rings. The number of amides is 1. The van der Waals surface area contributed by atoms with E-state index in [0.29, 0.717) is 13.2 Å². The molecule has 2 aliphatic rings. The standard InChI is InChI=1S/C16H18FNO5.Li.H/c1-2-23-14-6-11(13(17)5-12(14)16(20)21)15(19)18-9-3-4-10(18)8-22-7-9;;/h5-6,9-10H,2-4,7-8H2,1H3,(H,20,21);;/q;+1;-1. The number of aromatic carboxylic acids is 1. The van der Waals surface area contributed by atoms with E-state index in [1.54, 1.807) is 11.8 Å². The van der Waals surface area contributed by atoms with Crippen LogP contribution in [0.15, 0.2) is 12.1 Å². The molecule has 2 aliphatic heterocycles. The summed E-state index contributed by atoms with van der Waals surface area (Å²) in [7, 11) is 0. The first-order chi connectivity index (χ1) is 11.0. The second-order valence-electron chi connectivity index (χ2n) is 5.70. The Hall–Kier alpha value is -1.55. The van der Waals surface area contributed by atoms with Gasteiger partial charge in [-0.3, -0.25) is 4.79 Å². The summed E-state index contributed by atoms with van der Waals surface area (Å²) >= 11 is 0. The van der Waals surface area contributed by atoms with E-state index in [0.717, 1.165) is 18.9 Å². The molecule has 24 heavy (non-hydrogen) atoms. The van der Waals surface area contributed by atoms with Gasteiger partial charge in [0.2, 0.25) is 0 Å². The van der Waals surface area contributed by atoms with Gasteiger partial charge in [-0.05, 0) is 31.9 Å². The molecule has 126 valence electrons. The number of nitrogens with zero attached hydrogens (tertiary/aromatic N) is 1. The zero-order valence-corrected chi connectivity index (χ0v) is 13.8. The average Bonchev–Trinajstić information content (AvgIpc) is 2.77. The van der Waals surface area contributed by atoms with Crippen LogP contribution in [-0.4, -0.2) is 53.8 Å². The summed E-state index contributed by atoms with van der Waals surface area (Å²) in [4.78, 5) is 25.6. The summed E-state index contributed by atoms with van der Waals surface area (Å²) in [5.74, 6) is -2.57. The van der Waals surface area contributed by atoms with Gasteiger partial charge >= 0.3 is 24.8 Å². The smallest absolute Gasteiger partial charge is 1.00 e. The number of ether oxygens (including phenoxy) is 2.